The van der Waals surface area contributed by atoms with Crippen LogP contribution in [0.2, 0.25) is 0 Å². The number of hydrogen-bond donors (Lipinski definition) is 1. The van der Waals surface area contributed by atoms with Gasteiger partial charge in [0.2, 0.25) is 0 Å². The van der Waals surface area contributed by atoms with Crippen molar-refractivity contribution in [2.75, 3.05) is 12.4 Å². The Balaban J connectivity index is 1.91. The highest BCUT2D eigenvalue weighted by atomic mass is 16.5. The van der Waals surface area contributed by atoms with Gasteiger partial charge < -0.3 is 10.1 Å². The van der Waals surface area contributed by atoms with Gasteiger partial charge in [0.15, 0.2) is 0 Å². The van der Waals surface area contributed by atoms with Gasteiger partial charge in [0.05, 0.1) is 7.11 Å². The molecule has 0 heterocycles. The molecule has 0 aromatic heterocycles. The molecule has 21 heavy (non-hydrogen) atoms. The summed E-state index contributed by atoms with van der Waals surface area (Å²) in [6.07, 6.45) is 2.22. The fourth-order valence-electron chi connectivity index (χ4n) is 2.51. The van der Waals surface area contributed by atoms with Gasteiger partial charge in [-0.15, -0.1) is 0 Å². The number of benzene rings is 2. The first kappa shape index (κ1) is 15.4. The molecule has 0 saturated carbocycles. The van der Waals surface area contributed by atoms with Crippen LogP contribution in [-0.4, -0.2) is 13.2 Å². The molecule has 0 radical (unpaired) electrons. The molecule has 0 aliphatic rings. The summed E-state index contributed by atoms with van der Waals surface area (Å²) in [5.41, 5.74) is 5.15. The van der Waals surface area contributed by atoms with Crippen molar-refractivity contribution in [2.45, 2.75) is 39.7 Å². The van der Waals surface area contributed by atoms with E-state index in [0.717, 1.165) is 18.6 Å². The molecule has 0 bridgehead atoms. The van der Waals surface area contributed by atoms with Crippen LogP contribution < -0.4 is 10.1 Å². The van der Waals surface area contributed by atoms with E-state index >= 15 is 0 Å². The number of methoxy groups -OCH3 is 1. The molecule has 0 aliphatic heterocycles. The number of aryl methyl sites for hydroxylation is 3. The summed E-state index contributed by atoms with van der Waals surface area (Å²) in [7, 11) is 1.70. The number of nitrogens with one attached hydrogen (secondary N) is 1. The Kier molecular flexibility index (Phi) is 5.26. The molecule has 2 aromatic carbocycles. The lowest BCUT2D eigenvalue weighted by molar-refractivity contribution is 0.414. The summed E-state index contributed by atoms with van der Waals surface area (Å²) < 4.78 is 5.24. The second-order valence-corrected chi connectivity index (χ2v) is 5.75. The first-order chi connectivity index (χ1) is 10.1. The lowest BCUT2D eigenvalue weighted by atomic mass is 10.0. The summed E-state index contributed by atoms with van der Waals surface area (Å²) in [4.78, 5) is 0. The van der Waals surface area contributed by atoms with Crippen LogP contribution in [-0.2, 0) is 6.42 Å². The summed E-state index contributed by atoms with van der Waals surface area (Å²) in [5.74, 6) is 0.908. The maximum absolute atomic E-state index is 5.24. The molecule has 0 saturated heterocycles. The molecule has 0 amide bonds. The van der Waals surface area contributed by atoms with Crippen molar-refractivity contribution in [2.24, 2.45) is 0 Å². The Morgan fingerprint density at radius 2 is 1.90 bits per heavy atom. The zero-order valence-corrected chi connectivity index (χ0v) is 13.4. The molecule has 2 nitrogen and oxygen atoms in total. The monoisotopic (exact) mass is 283 g/mol. The van der Waals surface area contributed by atoms with Crippen LogP contribution in [0.25, 0.3) is 0 Å². The van der Waals surface area contributed by atoms with Gasteiger partial charge in [0.1, 0.15) is 5.75 Å². The average molecular weight is 283 g/mol. The van der Waals surface area contributed by atoms with Crippen LogP contribution in [0, 0.1) is 13.8 Å². The predicted molar refractivity (Wildman–Crippen MR) is 90.3 cm³/mol. The summed E-state index contributed by atoms with van der Waals surface area (Å²) in [5, 5.41) is 3.59. The summed E-state index contributed by atoms with van der Waals surface area (Å²) in [6, 6.07) is 15.4. The number of rotatable bonds is 6. The number of hydrogen-bond acceptors (Lipinski definition) is 2. The van der Waals surface area contributed by atoms with E-state index in [0.29, 0.717) is 6.04 Å². The fourth-order valence-corrected chi connectivity index (χ4v) is 2.51. The van der Waals surface area contributed by atoms with Crippen molar-refractivity contribution in [1.29, 1.82) is 0 Å². The molecular formula is C19H25NO. The SMILES string of the molecule is COc1ccc(NC(C)CCc2cccc(C)c2)c(C)c1. The van der Waals surface area contributed by atoms with E-state index in [-0.39, 0.29) is 0 Å². The van der Waals surface area contributed by atoms with Crippen molar-refractivity contribution in [3.63, 3.8) is 0 Å². The van der Waals surface area contributed by atoms with Crippen LogP contribution >= 0.6 is 0 Å². The Hall–Kier alpha value is -1.96. The lowest BCUT2D eigenvalue weighted by Gasteiger charge is -2.17. The van der Waals surface area contributed by atoms with Crippen molar-refractivity contribution in [3.05, 3.63) is 59.2 Å². The van der Waals surface area contributed by atoms with E-state index in [4.69, 9.17) is 4.74 Å². The topological polar surface area (TPSA) is 21.3 Å². The smallest absolute Gasteiger partial charge is 0.119 e. The third-order valence-corrected chi connectivity index (χ3v) is 3.78. The van der Waals surface area contributed by atoms with E-state index in [1.807, 2.05) is 6.07 Å². The molecule has 0 spiro atoms. The van der Waals surface area contributed by atoms with E-state index < -0.39 is 0 Å². The number of ether oxygens (including phenoxy) is 1. The van der Waals surface area contributed by atoms with Crippen LogP contribution in [0.1, 0.15) is 30.0 Å². The molecule has 2 rings (SSSR count). The Labute approximate surface area is 128 Å². The largest absolute Gasteiger partial charge is 0.497 e. The van der Waals surface area contributed by atoms with E-state index in [1.54, 1.807) is 7.11 Å². The van der Waals surface area contributed by atoms with Gasteiger partial charge in [-0.3, -0.25) is 0 Å². The Morgan fingerprint density at radius 1 is 1.10 bits per heavy atom. The van der Waals surface area contributed by atoms with Gasteiger partial charge in [-0.05, 0) is 62.9 Å². The van der Waals surface area contributed by atoms with E-state index in [1.165, 1.54) is 22.4 Å². The Morgan fingerprint density at radius 3 is 2.57 bits per heavy atom. The van der Waals surface area contributed by atoms with Crippen molar-refractivity contribution >= 4 is 5.69 Å². The molecule has 112 valence electrons. The maximum atomic E-state index is 5.24. The molecule has 2 aromatic rings. The molecule has 0 fully saturated rings. The van der Waals surface area contributed by atoms with Gasteiger partial charge >= 0.3 is 0 Å². The van der Waals surface area contributed by atoms with E-state index in [9.17, 15) is 0 Å². The van der Waals surface area contributed by atoms with Crippen LogP contribution in [0.15, 0.2) is 42.5 Å². The third-order valence-electron chi connectivity index (χ3n) is 3.78. The average Bonchev–Trinajstić information content (AvgIpc) is 2.47. The predicted octanol–water partition coefficient (Wildman–Crippen LogP) is 4.75. The fraction of sp³-hybridized carbons (Fsp3) is 0.368. The standard InChI is InChI=1S/C19H25NO/c1-14-6-5-7-17(12-14)9-8-16(3)20-19-11-10-18(21-4)13-15(19)2/h5-7,10-13,16,20H,8-9H2,1-4H3. The van der Waals surface area contributed by atoms with Gasteiger partial charge in [-0.25, -0.2) is 0 Å². The van der Waals surface area contributed by atoms with Crippen molar-refractivity contribution in [3.8, 4) is 5.75 Å². The van der Waals surface area contributed by atoms with Crippen LogP contribution in [0.5, 0.6) is 5.75 Å². The van der Waals surface area contributed by atoms with Gasteiger partial charge in [-0.2, -0.15) is 0 Å². The second-order valence-electron chi connectivity index (χ2n) is 5.75. The molecule has 2 heteroatoms. The molecule has 1 N–H and O–H groups in total. The highest BCUT2D eigenvalue weighted by Crippen LogP contribution is 2.22. The molecule has 0 aliphatic carbocycles. The van der Waals surface area contributed by atoms with Gasteiger partial charge in [0.25, 0.3) is 0 Å². The zero-order valence-electron chi connectivity index (χ0n) is 13.4. The zero-order chi connectivity index (χ0) is 15.2. The van der Waals surface area contributed by atoms with Crippen molar-refractivity contribution < 1.29 is 4.74 Å². The van der Waals surface area contributed by atoms with Crippen molar-refractivity contribution in [1.82, 2.24) is 0 Å². The highest BCUT2D eigenvalue weighted by molar-refractivity contribution is 5.54. The minimum absolute atomic E-state index is 0.442. The second kappa shape index (κ2) is 7.16. The van der Waals surface area contributed by atoms with E-state index in [2.05, 4.69) is 62.5 Å². The highest BCUT2D eigenvalue weighted by Gasteiger charge is 2.06. The summed E-state index contributed by atoms with van der Waals surface area (Å²) >= 11 is 0. The summed E-state index contributed by atoms with van der Waals surface area (Å²) in [6.45, 7) is 6.49. The van der Waals surface area contributed by atoms with Crippen LogP contribution in [0.4, 0.5) is 5.69 Å². The lowest BCUT2D eigenvalue weighted by Crippen LogP contribution is -2.16. The normalized spacial score (nSPS) is 12.0. The Bertz CT molecular complexity index is 592. The minimum atomic E-state index is 0.442. The molecular weight excluding hydrogens is 258 g/mol. The first-order valence-corrected chi connectivity index (χ1v) is 7.55. The van der Waals surface area contributed by atoms with Crippen LogP contribution in [0.3, 0.4) is 0 Å². The maximum Gasteiger partial charge on any atom is 0.119 e. The molecule has 1 unspecified atom stereocenters. The number of anilines is 1. The third kappa shape index (κ3) is 4.52. The van der Waals surface area contributed by atoms with Gasteiger partial charge in [-0.1, -0.05) is 29.8 Å². The quantitative estimate of drug-likeness (QED) is 0.826. The first-order valence-electron chi connectivity index (χ1n) is 7.55. The molecule has 1 atom stereocenters. The minimum Gasteiger partial charge on any atom is -0.497 e. The van der Waals surface area contributed by atoms with Gasteiger partial charge in [0, 0.05) is 11.7 Å².